The zero-order valence-corrected chi connectivity index (χ0v) is 9.45. The van der Waals surface area contributed by atoms with E-state index in [0.29, 0.717) is 6.79 Å². The zero-order chi connectivity index (χ0) is 11.4. The number of benzene rings is 1. The molecule has 0 unspecified atom stereocenters. The van der Waals surface area contributed by atoms with Crippen LogP contribution in [-0.2, 0) is 6.54 Å². The highest BCUT2D eigenvalue weighted by Gasteiger charge is 2.15. The molecule has 4 nitrogen and oxygen atoms in total. The van der Waals surface area contributed by atoms with Gasteiger partial charge in [-0.2, -0.15) is 0 Å². The van der Waals surface area contributed by atoms with Gasteiger partial charge in [0.25, 0.3) is 0 Å². The maximum absolute atomic E-state index is 8.67. The molecule has 0 aromatic heterocycles. The lowest BCUT2D eigenvalue weighted by molar-refractivity contribution is 0.174. The smallest absolute Gasteiger partial charge is 0.231 e. The summed E-state index contributed by atoms with van der Waals surface area (Å²) in [4.78, 5) is 0. The molecule has 0 spiro atoms. The Morgan fingerprint density at radius 1 is 1.31 bits per heavy atom. The molecule has 0 saturated carbocycles. The Balaban J connectivity index is 1.98. The van der Waals surface area contributed by atoms with Crippen molar-refractivity contribution < 1.29 is 14.6 Å². The first-order valence-electron chi connectivity index (χ1n) is 5.52. The average Bonchev–Trinajstić information content (AvgIpc) is 2.71. The Morgan fingerprint density at radius 2 is 2.06 bits per heavy atom. The molecular formula is C12H17NO3. The van der Waals surface area contributed by atoms with Gasteiger partial charge in [0.15, 0.2) is 11.5 Å². The predicted octanol–water partition coefficient (Wildman–Crippen LogP) is 1.20. The highest BCUT2D eigenvalue weighted by Crippen LogP contribution is 2.34. The lowest BCUT2D eigenvalue weighted by Crippen LogP contribution is -2.16. The Hall–Kier alpha value is -1.26. The molecule has 0 aliphatic carbocycles. The number of ether oxygens (including phenoxy) is 2. The molecule has 0 fully saturated rings. The van der Waals surface area contributed by atoms with E-state index >= 15 is 0 Å². The number of aliphatic hydroxyl groups is 1. The zero-order valence-electron chi connectivity index (χ0n) is 9.45. The van der Waals surface area contributed by atoms with E-state index in [1.807, 2.05) is 12.1 Å². The molecule has 1 heterocycles. The molecule has 1 aliphatic rings. The van der Waals surface area contributed by atoms with Crippen LogP contribution in [0.25, 0.3) is 0 Å². The molecule has 0 radical (unpaired) electrons. The molecule has 16 heavy (non-hydrogen) atoms. The summed E-state index contributed by atoms with van der Waals surface area (Å²) in [5.74, 6) is 1.65. The summed E-state index contributed by atoms with van der Waals surface area (Å²) in [7, 11) is 0. The highest BCUT2D eigenvalue weighted by atomic mass is 16.7. The molecule has 0 atom stereocenters. The van der Waals surface area contributed by atoms with Gasteiger partial charge in [0, 0.05) is 13.2 Å². The van der Waals surface area contributed by atoms with Crippen LogP contribution in [0.5, 0.6) is 11.5 Å². The van der Waals surface area contributed by atoms with Gasteiger partial charge >= 0.3 is 0 Å². The van der Waals surface area contributed by atoms with E-state index in [2.05, 4.69) is 12.2 Å². The fourth-order valence-electron chi connectivity index (χ4n) is 1.70. The van der Waals surface area contributed by atoms with Crippen LogP contribution in [0.4, 0.5) is 0 Å². The predicted molar refractivity (Wildman–Crippen MR) is 60.7 cm³/mol. The molecule has 0 amide bonds. The second-order valence-corrected chi connectivity index (χ2v) is 3.89. The van der Waals surface area contributed by atoms with Crippen LogP contribution in [0.15, 0.2) is 12.1 Å². The van der Waals surface area contributed by atoms with Crippen LogP contribution < -0.4 is 14.8 Å². The molecule has 0 bridgehead atoms. The lowest BCUT2D eigenvalue weighted by Gasteiger charge is -2.08. The van der Waals surface area contributed by atoms with Crippen molar-refractivity contribution in [1.82, 2.24) is 5.32 Å². The number of aliphatic hydroxyl groups excluding tert-OH is 1. The first kappa shape index (κ1) is 11.2. The molecule has 2 rings (SSSR count). The maximum atomic E-state index is 8.67. The van der Waals surface area contributed by atoms with Gasteiger partial charge in [0.05, 0.1) is 0 Å². The van der Waals surface area contributed by atoms with Gasteiger partial charge in [-0.1, -0.05) is 0 Å². The van der Waals surface area contributed by atoms with Gasteiger partial charge in [-0.05, 0) is 43.1 Å². The van der Waals surface area contributed by atoms with E-state index in [1.54, 1.807) is 0 Å². The molecule has 0 saturated heterocycles. The maximum Gasteiger partial charge on any atom is 0.231 e. The van der Waals surface area contributed by atoms with Crippen LogP contribution in [0, 0.1) is 6.92 Å². The monoisotopic (exact) mass is 223 g/mol. The van der Waals surface area contributed by atoms with Gasteiger partial charge < -0.3 is 19.9 Å². The lowest BCUT2D eigenvalue weighted by atomic mass is 10.1. The Morgan fingerprint density at radius 3 is 2.81 bits per heavy atom. The van der Waals surface area contributed by atoms with Crippen molar-refractivity contribution in [3.05, 3.63) is 23.3 Å². The van der Waals surface area contributed by atoms with Gasteiger partial charge in [0.1, 0.15) is 0 Å². The van der Waals surface area contributed by atoms with Crippen LogP contribution in [0.1, 0.15) is 17.5 Å². The van der Waals surface area contributed by atoms with Gasteiger partial charge in [0.2, 0.25) is 6.79 Å². The Labute approximate surface area is 95.2 Å². The third-order valence-corrected chi connectivity index (χ3v) is 2.66. The molecule has 88 valence electrons. The van der Waals surface area contributed by atoms with E-state index in [-0.39, 0.29) is 6.61 Å². The Bertz CT molecular complexity index is 366. The van der Waals surface area contributed by atoms with Gasteiger partial charge in [-0.3, -0.25) is 0 Å². The summed E-state index contributed by atoms with van der Waals surface area (Å²) in [5, 5.41) is 11.9. The fraction of sp³-hybridized carbons (Fsp3) is 0.500. The first-order valence-corrected chi connectivity index (χ1v) is 5.52. The number of rotatable bonds is 5. The topological polar surface area (TPSA) is 50.7 Å². The van der Waals surface area contributed by atoms with Gasteiger partial charge in [-0.25, -0.2) is 0 Å². The summed E-state index contributed by atoms with van der Waals surface area (Å²) < 4.78 is 10.6. The molecule has 1 aromatic rings. The minimum absolute atomic E-state index is 0.229. The quantitative estimate of drug-likeness (QED) is 0.736. The highest BCUT2D eigenvalue weighted by molar-refractivity contribution is 5.48. The minimum atomic E-state index is 0.229. The van der Waals surface area contributed by atoms with Crippen molar-refractivity contribution >= 4 is 0 Å². The average molecular weight is 223 g/mol. The largest absolute Gasteiger partial charge is 0.454 e. The number of fused-ring (bicyclic) bond motifs is 1. The van der Waals surface area contributed by atoms with Crippen LogP contribution >= 0.6 is 0 Å². The minimum Gasteiger partial charge on any atom is -0.454 e. The molecule has 1 aromatic carbocycles. The van der Waals surface area contributed by atoms with Crippen LogP contribution in [0.2, 0.25) is 0 Å². The van der Waals surface area contributed by atoms with Crippen molar-refractivity contribution in [1.29, 1.82) is 0 Å². The molecule has 1 aliphatic heterocycles. The molecule has 2 N–H and O–H groups in total. The number of aryl methyl sites for hydroxylation is 1. The van der Waals surface area contributed by atoms with Crippen LogP contribution in [-0.4, -0.2) is 25.1 Å². The summed E-state index contributed by atoms with van der Waals surface area (Å²) in [6.07, 6.45) is 0.781. The van der Waals surface area contributed by atoms with Crippen molar-refractivity contribution in [3.63, 3.8) is 0 Å². The summed E-state index contributed by atoms with van der Waals surface area (Å²) in [6.45, 7) is 4.22. The second kappa shape index (κ2) is 5.18. The van der Waals surface area contributed by atoms with Crippen molar-refractivity contribution in [2.24, 2.45) is 0 Å². The van der Waals surface area contributed by atoms with Gasteiger partial charge in [-0.15, -0.1) is 0 Å². The van der Waals surface area contributed by atoms with E-state index < -0.39 is 0 Å². The number of nitrogens with one attached hydrogen (secondary N) is 1. The third kappa shape index (κ3) is 2.46. The molecular weight excluding hydrogens is 206 g/mol. The summed E-state index contributed by atoms with van der Waals surface area (Å²) in [5.41, 5.74) is 2.41. The molecule has 4 heteroatoms. The van der Waals surface area contributed by atoms with Crippen molar-refractivity contribution in [3.8, 4) is 11.5 Å². The first-order chi connectivity index (χ1) is 7.81. The normalized spacial score (nSPS) is 13.1. The number of hydrogen-bond acceptors (Lipinski definition) is 4. The van der Waals surface area contributed by atoms with Crippen molar-refractivity contribution in [2.75, 3.05) is 19.9 Å². The Kier molecular flexibility index (Phi) is 3.64. The van der Waals surface area contributed by atoms with E-state index in [4.69, 9.17) is 14.6 Å². The van der Waals surface area contributed by atoms with E-state index in [0.717, 1.165) is 31.0 Å². The van der Waals surface area contributed by atoms with Crippen LogP contribution in [0.3, 0.4) is 0 Å². The standard InChI is InChI=1S/C12H17NO3/c1-9-5-11-12(16-8-15-11)6-10(9)7-13-3-2-4-14/h5-6,13-14H,2-4,7-8H2,1H3. The second-order valence-electron chi connectivity index (χ2n) is 3.89. The third-order valence-electron chi connectivity index (χ3n) is 2.66. The van der Waals surface area contributed by atoms with E-state index in [9.17, 15) is 0 Å². The van der Waals surface area contributed by atoms with Crippen molar-refractivity contribution in [2.45, 2.75) is 19.9 Å². The fourth-order valence-corrected chi connectivity index (χ4v) is 1.70. The SMILES string of the molecule is Cc1cc2c(cc1CNCCCO)OCO2. The number of hydrogen-bond donors (Lipinski definition) is 2. The summed E-state index contributed by atoms with van der Waals surface area (Å²) in [6, 6.07) is 4.02. The van der Waals surface area contributed by atoms with E-state index in [1.165, 1.54) is 11.1 Å². The summed E-state index contributed by atoms with van der Waals surface area (Å²) >= 11 is 0.